The molecule has 2 N–H and O–H groups in total. The minimum Gasteiger partial charge on any atom is -0.450 e. The monoisotopic (exact) mass is 355 g/mol. The Bertz CT molecular complexity index is 469. The molecule has 0 aromatic heterocycles. The molecule has 0 aromatic carbocycles. The summed E-state index contributed by atoms with van der Waals surface area (Å²) in [5.41, 5.74) is -1.12. The van der Waals surface area contributed by atoms with Crippen LogP contribution >= 0.6 is 0 Å². The average Bonchev–Trinajstić information content (AvgIpc) is 2.55. The molecule has 1 saturated heterocycles. The molecule has 7 heteroatoms. The van der Waals surface area contributed by atoms with Crippen LogP contribution in [-0.4, -0.2) is 55.1 Å². The van der Waals surface area contributed by atoms with Gasteiger partial charge in [-0.2, -0.15) is 0 Å². The second kappa shape index (κ2) is 9.63. The highest BCUT2D eigenvalue weighted by Crippen LogP contribution is 2.18. The molecule has 144 valence electrons. The molecule has 0 bridgehead atoms. The quantitative estimate of drug-likeness (QED) is 0.683. The molecule has 3 amide bonds. The highest BCUT2D eigenvalue weighted by Gasteiger charge is 2.37. The Hall–Kier alpha value is -1.79. The molecule has 1 fully saturated rings. The summed E-state index contributed by atoms with van der Waals surface area (Å²) in [4.78, 5) is 38.1. The van der Waals surface area contributed by atoms with Gasteiger partial charge in [0.1, 0.15) is 5.41 Å². The third-order valence-electron chi connectivity index (χ3n) is 4.50. The fourth-order valence-electron chi connectivity index (χ4n) is 2.59. The molecule has 1 rings (SSSR count). The van der Waals surface area contributed by atoms with Gasteiger partial charge in [-0.25, -0.2) is 4.79 Å². The summed E-state index contributed by atoms with van der Waals surface area (Å²) in [5, 5.41) is 5.79. The number of amides is 3. The van der Waals surface area contributed by atoms with E-state index in [0.717, 1.165) is 6.42 Å². The summed E-state index contributed by atoms with van der Waals surface area (Å²) in [7, 11) is 0. The van der Waals surface area contributed by atoms with Crippen molar-refractivity contribution in [1.29, 1.82) is 0 Å². The van der Waals surface area contributed by atoms with Crippen LogP contribution in [-0.2, 0) is 14.3 Å². The third-order valence-corrected chi connectivity index (χ3v) is 4.50. The predicted molar refractivity (Wildman–Crippen MR) is 96.0 cm³/mol. The SMILES string of the molecule is CCOC(=O)N1CCC(NC(=O)C(C)(C)C(=O)NCCC(C)C)CC1. The first kappa shape index (κ1) is 21.3. The van der Waals surface area contributed by atoms with Crippen molar-refractivity contribution in [3.63, 3.8) is 0 Å². The number of hydrogen-bond acceptors (Lipinski definition) is 4. The lowest BCUT2D eigenvalue weighted by atomic mass is 9.90. The molecular formula is C18H33N3O4. The smallest absolute Gasteiger partial charge is 0.409 e. The van der Waals surface area contributed by atoms with Gasteiger partial charge in [-0.05, 0) is 46.0 Å². The van der Waals surface area contributed by atoms with E-state index in [0.29, 0.717) is 45.0 Å². The maximum Gasteiger partial charge on any atom is 0.409 e. The van der Waals surface area contributed by atoms with Crippen LogP contribution in [0.2, 0.25) is 0 Å². The van der Waals surface area contributed by atoms with Crippen molar-refractivity contribution in [2.24, 2.45) is 11.3 Å². The first-order valence-corrected chi connectivity index (χ1v) is 9.19. The standard InChI is InChI=1S/C18H33N3O4/c1-6-25-17(24)21-11-8-14(9-12-21)20-16(23)18(4,5)15(22)19-10-7-13(2)3/h13-14H,6-12H2,1-5H3,(H,19,22)(H,20,23). The summed E-state index contributed by atoms with van der Waals surface area (Å²) < 4.78 is 4.98. The van der Waals surface area contributed by atoms with E-state index in [4.69, 9.17) is 4.74 Å². The normalized spacial score (nSPS) is 15.8. The van der Waals surface area contributed by atoms with Gasteiger partial charge < -0.3 is 20.3 Å². The Morgan fingerprint density at radius 3 is 2.28 bits per heavy atom. The average molecular weight is 355 g/mol. The van der Waals surface area contributed by atoms with E-state index >= 15 is 0 Å². The second-order valence-electron chi connectivity index (χ2n) is 7.50. The van der Waals surface area contributed by atoms with Gasteiger partial charge in [0, 0.05) is 25.7 Å². The molecule has 25 heavy (non-hydrogen) atoms. The Morgan fingerprint density at radius 2 is 1.76 bits per heavy atom. The van der Waals surface area contributed by atoms with E-state index in [1.807, 2.05) is 0 Å². The van der Waals surface area contributed by atoms with Crippen LogP contribution in [0.1, 0.15) is 53.9 Å². The van der Waals surface area contributed by atoms with Gasteiger partial charge in [-0.1, -0.05) is 13.8 Å². The van der Waals surface area contributed by atoms with Crippen LogP contribution < -0.4 is 10.6 Å². The molecule has 0 saturated carbocycles. The molecule has 1 heterocycles. The summed E-state index contributed by atoms with van der Waals surface area (Å²) in [6, 6.07) is -0.0269. The van der Waals surface area contributed by atoms with Crippen LogP contribution in [0.15, 0.2) is 0 Å². The van der Waals surface area contributed by atoms with E-state index in [1.54, 1.807) is 25.7 Å². The molecule has 0 aliphatic carbocycles. The van der Waals surface area contributed by atoms with Gasteiger partial charge in [0.25, 0.3) is 0 Å². The molecule has 0 unspecified atom stereocenters. The number of carbonyl (C=O) groups is 3. The summed E-state index contributed by atoms with van der Waals surface area (Å²) in [6.45, 7) is 11.3. The molecule has 0 spiro atoms. The van der Waals surface area contributed by atoms with Crippen molar-refractivity contribution in [3.05, 3.63) is 0 Å². The maximum atomic E-state index is 12.5. The van der Waals surface area contributed by atoms with Gasteiger partial charge in [-0.3, -0.25) is 9.59 Å². The lowest BCUT2D eigenvalue weighted by molar-refractivity contribution is -0.141. The van der Waals surface area contributed by atoms with Crippen molar-refractivity contribution < 1.29 is 19.1 Å². The van der Waals surface area contributed by atoms with E-state index in [-0.39, 0.29) is 23.9 Å². The Kier molecular flexibility index (Phi) is 8.19. The zero-order valence-corrected chi connectivity index (χ0v) is 16.2. The fourth-order valence-corrected chi connectivity index (χ4v) is 2.59. The predicted octanol–water partition coefficient (Wildman–Crippen LogP) is 1.91. The largest absolute Gasteiger partial charge is 0.450 e. The van der Waals surface area contributed by atoms with Crippen molar-refractivity contribution in [1.82, 2.24) is 15.5 Å². The third kappa shape index (κ3) is 6.55. The van der Waals surface area contributed by atoms with Crippen LogP contribution in [0, 0.1) is 11.3 Å². The topological polar surface area (TPSA) is 87.7 Å². The van der Waals surface area contributed by atoms with Crippen molar-refractivity contribution in [3.8, 4) is 0 Å². The molecule has 1 aliphatic heterocycles. The second-order valence-corrected chi connectivity index (χ2v) is 7.50. The molecule has 0 radical (unpaired) electrons. The number of hydrogen-bond donors (Lipinski definition) is 2. The zero-order chi connectivity index (χ0) is 19.0. The number of carbonyl (C=O) groups excluding carboxylic acids is 3. The van der Waals surface area contributed by atoms with Crippen molar-refractivity contribution in [2.75, 3.05) is 26.2 Å². The first-order valence-electron chi connectivity index (χ1n) is 9.19. The fraction of sp³-hybridized carbons (Fsp3) is 0.833. The zero-order valence-electron chi connectivity index (χ0n) is 16.2. The molecule has 0 atom stereocenters. The van der Waals surface area contributed by atoms with Crippen molar-refractivity contribution in [2.45, 2.75) is 59.9 Å². The maximum absolute atomic E-state index is 12.5. The van der Waals surface area contributed by atoms with Gasteiger partial charge >= 0.3 is 6.09 Å². The number of nitrogens with zero attached hydrogens (tertiary/aromatic N) is 1. The Balaban J connectivity index is 2.44. The lowest BCUT2D eigenvalue weighted by Crippen LogP contribution is -2.53. The van der Waals surface area contributed by atoms with E-state index in [9.17, 15) is 14.4 Å². The van der Waals surface area contributed by atoms with Crippen LogP contribution in [0.4, 0.5) is 4.79 Å². The lowest BCUT2D eigenvalue weighted by Gasteiger charge is -2.33. The molecule has 1 aliphatic rings. The van der Waals surface area contributed by atoms with Gasteiger partial charge in [-0.15, -0.1) is 0 Å². The highest BCUT2D eigenvalue weighted by atomic mass is 16.6. The number of rotatable bonds is 7. The van der Waals surface area contributed by atoms with Crippen LogP contribution in [0.25, 0.3) is 0 Å². The number of piperidine rings is 1. The van der Waals surface area contributed by atoms with Crippen LogP contribution in [0.5, 0.6) is 0 Å². The summed E-state index contributed by atoms with van der Waals surface area (Å²) in [6.07, 6.45) is 1.90. The highest BCUT2D eigenvalue weighted by molar-refractivity contribution is 6.04. The number of ether oxygens (including phenoxy) is 1. The van der Waals surface area contributed by atoms with E-state index in [1.165, 1.54) is 0 Å². The minimum absolute atomic E-state index is 0.0269. The Labute approximate surface area is 150 Å². The van der Waals surface area contributed by atoms with Gasteiger partial charge in [0.05, 0.1) is 6.61 Å². The number of likely N-dealkylation sites (tertiary alicyclic amines) is 1. The summed E-state index contributed by atoms with van der Waals surface area (Å²) in [5.74, 6) is -0.0273. The molecule has 7 nitrogen and oxygen atoms in total. The van der Waals surface area contributed by atoms with Crippen LogP contribution in [0.3, 0.4) is 0 Å². The van der Waals surface area contributed by atoms with E-state index < -0.39 is 5.41 Å². The summed E-state index contributed by atoms with van der Waals surface area (Å²) >= 11 is 0. The van der Waals surface area contributed by atoms with Gasteiger partial charge in [0.15, 0.2) is 0 Å². The molecule has 0 aromatic rings. The number of nitrogens with one attached hydrogen (secondary N) is 2. The van der Waals surface area contributed by atoms with Gasteiger partial charge in [0.2, 0.25) is 11.8 Å². The van der Waals surface area contributed by atoms with Crippen molar-refractivity contribution >= 4 is 17.9 Å². The first-order chi connectivity index (χ1) is 11.7. The Morgan fingerprint density at radius 1 is 1.16 bits per heavy atom. The molecular weight excluding hydrogens is 322 g/mol. The minimum atomic E-state index is -1.12. The van der Waals surface area contributed by atoms with E-state index in [2.05, 4.69) is 24.5 Å².